The molecule has 4 heteroatoms. The molecule has 0 amide bonds. The molecule has 4 nitrogen and oxygen atoms in total. The molecule has 0 unspecified atom stereocenters. The van der Waals surface area contributed by atoms with Gasteiger partial charge in [0.05, 0.1) is 12.3 Å². The van der Waals surface area contributed by atoms with Crippen LogP contribution >= 0.6 is 0 Å². The Kier molecular flexibility index (Phi) is 5.04. The Balaban J connectivity index is 2.18. The average Bonchev–Trinajstić information content (AvgIpc) is 2.81. The molecule has 0 radical (unpaired) electrons. The van der Waals surface area contributed by atoms with Crippen LogP contribution in [0.15, 0.2) is 30.5 Å². The zero-order chi connectivity index (χ0) is 14.4. The predicted octanol–water partition coefficient (Wildman–Crippen LogP) is 3.79. The lowest BCUT2D eigenvalue weighted by atomic mass is 10.3. The number of aromatic nitrogens is 2. The first-order valence-electron chi connectivity index (χ1n) is 7.27. The second-order valence-electron chi connectivity index (χ2n) is 4.78. The maximum atomic E-state index is 5.47. The summed E-state index contributed by atoms with van der Waals surface area (Å²) in [6, 6.07) is 8.09. The average molecular weight is 273 g/mol. The minimum absolute atomic E-state index is 0.688. The van der Waals surface area contributed by atoms with Crippen molar-refractivity contribution in [2.75, 3.05) is 18.5 Å². The third-order valence-electron chi connectivity index (χ3n) is 3.07. The number of ether oxygens (including phenoxy) is 1. The summed E-state index contributed by atoms with van der Waals surface area (Å²) in [6.45, 7) is 7.82. The summed E-state index contributed by atoms with van der Waals surface area (Å²) in [5.41, 5.74) is 2.10. The van der Waals surface area contributed by atoms with E-state index in [-0.39, 0.29) is 0 Å². The van der Waals surface area contributed by atoms with Gasteiger partial charge in [-0.25, -0.2) is 4.98 Å². The van der Waals surface area contributed by atoms with Crippen LogP contribution in [-0.2, 0) is 0 Å². The molecule has 0 fully saturated rings. The number of hydrogen-bond acceptors (Lipinski definition) is 3. The molecule has 0 aliphatic rings. The van der Waals surface area contributed by atoms with E-state index in [1.54, 1.807) is 0 Å². The van der Waals surface area contributed by atoms with Gasteiger partial charge in [0.1, 0.15) is 5.75 Å². The molecule has 2 rings (SSSR count). The van der Waals surface area contributed by atoms with Crippen LogP contribution in [0.4, 0.5) is 5.95 Å². The molecule has 108 valence electrons. The predicted molar refractivity (Wildman–Crippen MR) is 82.9 cm³/mol. The van der Waals surface area contributed by atoms with Gasteiger partial charge in [-0.15, -0.1) is 0 Å². The largest absolute Gasteiger partial charge is 0.494 e. The lowest BCUT2D eigenvalue weighted by Gasteiger charge is -2.10. The fourth-order valence-electron chi connectivity index (χ4n) is 2.07. The Hall–Kier alpha value is -1.97. The quantitative estimate of drug-likeness (QED) is 0.780. The van der Waals surface area contributed by atoms with Crippen LogP contribution < -0.4 is 10.1 Å². The molecule has 0 saturated heterocycles. The van der Waals surface area contributed by atoms with Crippen LogP contribution in [0.1, 0.15) is 32.4 Å². The Morgan fingerprint density at radius 2 is 1.95 bits per heavy atom. The Morgan fingerprint density at radius 3 is 2.60 bits per heavy atom. The monoisotopic (exact) mass is 273 g/mol. The highest BCUT2D eigenvalue weighted by molar-refractivity contribution is 5.45. The number of nitrogens with zero attached hydrogens (tertiary/aromatic N) is 2. The van der Waals surface area contributed by atoms with Crippen molar-refractivity contribution in [3.63, 3.8) is 0 Å². The summed E-state index contributed by atoms with van der Waals surface area (Å²) in [7, 11) is 0. The first-order valence-corrected chi connectivity index (χ1v) is 7.27. The van der Waals surface area contributed by atoms with Gasteiger partial charge >= 0.3 is 0 Å². The summed E-state index contributed by atoms with van der Waals surface area (Å²) < 4.78 is 7.56. The molecule has 1 N–H and O–H groups in total. The number of imidazole rings is 1. The second-order valence-corrected chi connectivity index (χ2v) is 4.78. The highest BCUT2D eigenvalue weighted by Gasteiger charge is 2.07. The Morgan fingerprint density at radius 1 is 1.20 bits per heavy atom. The van der Waals surface area contributed by atoms with Crippen molar-refractivity contribution in [3.8, 4) is 11.4 Å². The lowest BCUT2D eigenvalue weighted by molar-refractivity contribution is 0.340. The molecule has 0 bridgehead atoms. The molecule has 0 saturated carbocycles. The maximum absolute atomic E-state index is 5.47. The van der Waals surface area contributed by atoms with Gasteiger partial charge in [-0.2, -0.15) is 0 Å². The van der Waals surface area contributed by atoms with E-state index in [4.69, 9.17) is 4.74 Å². The molecule has 2 aromatic rings. The van der Waals surface area contributed by atoms with Gasteiger partial charge in [-0.05, 0) is 44.5 Å². The topological polar surface area (TPSA) is 39.1 Å². The van der Waals surface area contributed by atoms with E-state index in [0.29, 0.717) is 6.61 Å². The molecule has 0 atom stereocenters. The SMILES string of the molecule is CCCCNc1nc(C)cn1-c1ccc(OCC)cc1. The van der Waals surface area contributed by atoms with Gasteiger partial charge in [-0.3, -0.25) is 4.57 Å². The van der Waals surface area contributed by atoms with Crippen LogP contribution in [0.2, 0.25) is 0 Å². The molecular formula is C16H23N3O. The summed E-state index contributed by atoms with van der Waals surface area (Å²) in [4.78, 5) is 4.54. The zero-order valence-electron chi connectivity index (χ0n) is 12.5. The van der Waals surface area contributed by atoms with E-state index >= 15 is 0 Å². The molecule has 20 heavy (non-hydrogen) atoms. The first kappa shape index (κ1) is 14.4. The summed E-state index contributed by atoms with van der Waals surface area (Å²) in [6.07, 6.45) is 4.37. The molecule has 1 aromatic heterocycles. The fraction of sp³-hybridized carbons (Fsp3) is 0.438. The number of anilines is 1. The molecule has 0 spiro atoms. The minimum Gasteiger partial charge on any atom is -0.494 e. The highest BCUT2D eigenvalue weighted by Crippen LogP contribution is 2.20. The Bertz CT molecular complexity index is 531. The maximum Gasteiger partial charge on any atom is 0.207 e. The fourth-order valence-corrected chi connectivity index (χ4v) is 2.07. The van der Waals surface area contributed by atoms with E-state index in [0.717, 1.165) is 36.0 Å². The normalized spacial score (nSPS) is 10.6. The summed E-state index contributed by atoms with van der Waals surface area (Å²) in [5.74, 6) is 1.80. The first-order chi connectivity index (χ1) is 9.74. The second kappa shape index (κ2) is 6.98. The van der Waals surface area contributed by atoms with Crippen LogP contribution in [0.3, 0.4) is 0 Å². The molecule has 1 aromatic carbocycles. The Labute approximate surface area is 120 Å². The number of unbranched alkanes of at least 4 members (excludes halogenated alkanes) is 1. The number of rotatable bonds is 7. The van der Waals surface area contributed by atoms with Gasteiger partial charge in [0.15, 0.2) is 0 Å². The number of hydrogen-bond donors (Lipinski definition) is 1. The van der Waals surface area contributed by atoms with Crippen molar-refractivity contribution in [1.29, 1.82) is 0 Å². The highest BCUT2D eigenvalue weighted by atomic mass is 16.5. The third kappa shape index (κ3) is 3.53. The van der Waals surface area contributed by atoms with Gasteiger partial charge in [0, 0.05) is 18.4 Å². The number of benzene rings is 1. The summed E-state index contributed by atoms with van der Waals surface area (Å²) >= 11 is 0. The smallest absolute Gasteiger partial charge is 0.207 e. The van der Waals surface area contributed by atoms with Crippen molar-refractivity contribution in [2.45, 2.75) is 33.6 Å². The zero-order valence-corrected chi connectivity index (χ0v) is 12.5. The van der Waals surface area contributed by atoms with E-state index in [2.05, 4.69) is 33.9 Å². The lowest BCUT2D eigenvalue weighted by Crippen LogP contribution is -2.07. The molecule has 0 aliphatic heterocycles. The van der Waals surface area contributed by atoms with Gasteiger partial charge < -0.3 is 10.1 Å². The van der Waals surface area contributed by atoms with Crippen molar-refractivity contribution in [1.82, 2.24) is 9.55 Å². The van der Waals surface area contributed by atoms with Crippen LogP contribution in [0, 0.1) is 6.92 Å². The van der Waals surface area contributed by atoms with E-state index < -0.39 is 0 Å². The summed E-state index contributed by atoms with van der Waals surface area (Å²) in [5, 5.41) is 3.39. The molecular weight excluding hydrogens is 250 g/mol. The minimum atomic E-state index is 0.688. The standard InChI is InChI=1S/C16H23N3O/c1-4-6-11-17-16-18-13(3)12-19(16)14-7-9-15(10-8-14)20-5-2/h7-10,12H,4-6,11H2,1-3H3,(H,17,18). The van der Waals surface area contributed by atoms with Crippen LogP contribution in [0.5, 0.6) is 5.75 Å². The van der Waals surface area contributed by atoms with E-state index in [1.165, 1.54) is 6.42 Å². The van der Waals surface area contributed by atoms with E-state index in [1.807, 2.05) is 32.2 Å². The van der Waals surface area contributed by atoms with Gasteiger partial charge in [-0.1, -0.05) is 13.3 Å². The number of nitrogens with one attached hydrogen (secondary N) is 1. The van der Waals surface area contributed by atoms with E-state index in [9.17, 15) is 0 Å². The van der Waals surface area contributed by atoms with Crippen molar-refractivity contribution in [3.05, 3.63) is 36.2 Å². The number of aryl methyl sites for hydroxylation is 1. The molecule has 1 heterocycles. The molecule has 0 aliphatic carbocycles. The van der Waals surface area contributed by atoms with Crippen LogP contribution in [-0.4, -0.2) is 22.7 Å². The van der Waals surface area contributed by atoms with Gasteiger partial charge in [0.2, 0.25) is 5.95 Å². The van der Waals surface area contributed by atoms with Crippen molar-refractivity contribution >= 4 is 5.95 Å². The van der Waals surface area contributed by atoms with Crippen LogP contribution in [0.25, 0.3) is 5.69 Å². The van der Waals surface area contributed by atoms with Gasteiger partial charge in [0.25, 0.3) is 0 Å². The van der Waals surface area contributed by atoms with Crippen molar-refractivity contribution in [2.24, 2.45) is 0 Å². The van der Waals surface area contributed by atoms with Crippen molar-refractivity contribution < 1.29 is 4.74 Å². The third-order valence-corrected chi connectivity index (χ3v) is 3.07.